The summed E-state index contributed by atoms with van der Waals surface area (Å²) in [5.74, 6) is 0.603. The average molecular weight is 224 g/mol. The summed E-state index contributed by atoms with van der Waals surface area (Å²) in [6.07, 6.45) is 4.52. The highest BCUT2D eigenvalue weighted by atomic mass is 16.3. The molecule has 16 heavy (non-hydrogen) atoms. The van der Waals surface area contributed by atoms with Crippen LogP contribution in [0, 0.1) is 12.8 Å². The van der Waals surface area contributed by atoms with Gasteiger partial charge in [0.15, 0.2) is 0 Å². The van der Waals surface area contributed by atoms with Gasteiger partial charge in [-0.25, -0.2) is 4.79 Å². The largest absolute Gasteiger partial charge is 0.494 e. The van der Waals surface area contributed by atoms with Crippen molar-refractivity contribution in [1.82, 2.24) is 9.55 Å². The minimum Gasteiger partial charge on any atom is -0.494 e. The molecule has 2 N–H and O–H groups in total. The Morgan fingerprint density at radius 1 is 1.44 bits per heavy atom. The number of hydrogen-bond acceptors (Lipinski definition) is 3. The zero-order valence-electron chi connectivity index (χ0n) is 9.32. The molecule has 1 aromatic heterocycles. The maximum Gasteiger partial charge on any atom is 0.331 e. The van der Waals surface area contributed by atoms with Gasteiger partial charge in [-0.1, -0.05) is 12.8 Å². The Morgan fingerprint density at radius 3 is 2.75 bits per heavy atom. The number of nitrogens with zero attached hydrogens (tertiary/aromatic N) is 1. The van der Waals surface area contributed by atoms with Crippen molar-refractivity contribution in [1.29, 1.82) is 0 Å². The molecular formula is C11H16N2O3. The highest BCUT2D eigenvalue weighted by molar-refractivity contribution is 5.20. The molecule has 0 atom stereocenters. The molecule has 1 aromatic rings. The summed E-state index contributed by atoms with van der Waals surface area (Å²) in [4.78, 5) is 24.8. The van der Waals surface area contributed by atoms with Crippen LogP contribution in [0.2, 0.25) is 0 Å². The standard InChI is InChI=1S/C11H16N2O3/c1-7-9(14)12-11(16)13(10(7)15)6-2-3-8-4-5-8/h8,15H,2-6H2,1H3,(H,12,14,16). The van der Waals surface area contributed by atoms with E-state index in [0.717, 1.165) is 18.8 Å². The number of rotatable bonds is 4. The number of nitrogens with one attached hydrogen (secondary N) is 1. The van der Waals surface area contributed by atoms with E-state index in [-0.39, 0.29) is 11.4 Å². The molecule has 5 heteroatoms. The summed E-state index contributed by atoms with van der Waals surface area (Å²) in [6.45, 7) is 1.98. The molecule has 0 bridgehead atoms. The van der Waals surface area contributed by atoms with Crippen LogP contribution in [0.4, 0.5) is 0 Å². The van der Waals surface area contributed by atoms with E-state index < -0.39 is 11.2 Å². The lowest BCUT2D eigenvalue weighted by Crippen LogP contribution is -2.31. The third-order valence-electron chi connectivity index (χ3n) is 3.09. The maximum absolute atomic E-state index is 11.5. The van der Waals surface area contributed by atoms with Crippen molar-refractivity contribution >= 4 is 0 Å². The summed E-state index contributed by atoms with van der Waals surface area (Å²) in [5, 5.41) is 9.68. The molecule has 1 aliphatic rings. The maximum atomic E-state index is 11.5. The van der Waals surface area contributed by atoms with E-state index in [2.05, 4.69) is 4.98 Å². The molecule has 88 valence electrons. The van der Waals surface area contributed by atoms with E-state index in [9.17, 15) is 14.7 Å². The van der Waals surface area contributed by atoms with Crippen molar-refractivity contribution in [3.63, 3.8) is 0 Å². The number of aromatic hydroxyl groups is 1. The molecule has 1 saturated carbocycles. The van der Waals surface area contributed by atoms with Gasteiger partial charge in [-0.15, -0.1) is 0 Å². The Hall–Kier alpha value is -1.52. The van der Waals surface area contributed by atoms with Crippen LogP contribution in [-0.4, -0.2) is 14.7 Å². The fourth-order valence-corrected chi connectivity index (χ4v) is 1.81. The summed E-state index contributed by atoms with van der Waals surface area (Å²) in [6, 6.07) is 0. The summed E-state index contributed by atoms with van der Waals surface area (Å²) in [7, 11) is 0. The molecule has 0 unspecified atom stereocenters. The number of hydrogen-bond donors (Lipinski definition) is 2. The molecule has 0 radical (unpaired) electrons. The average Bonchev–Trinajstić information content (AvgIpc) is 3.04. The second kappa shape index (κ2) is 4.15. The van der Waals surface area contributed by atoms with E-state index in [4.69, 9.17) is 0 Å². The van der Waals surface area contributed by atoms with Gasteiger partial charge in [-0.3, -0.25) is 14.3 Å². The number of aromatic nitrogens is 2. The third-order valence-corrected chi connectivity index (χ3v) is 3.09. The minimum atomic E-state index is -0.524. The van der Waals surface area contributed by atoms with Gasteiger partial charge in [0.1, 0.15) is 0 Å². The van der Waals surface area contributed by atoms with Crippen LogP contribution < -0.4 is 11.2 Å². The minimum absolute atomic E-state index is 0.200. The van der Waals surface area contributed by atoms with Gasteiger partial charge in [0, 0.05) is 6.54 Å². The van der Waals surface area contributed by atoms with E-state index in [1.165, 1.54) is 24.3 Å². The normalized spacial score (nSPS) is 15.3. The summed E-state index contributed by atoms with van der Waals surface area (Å²) in [5.41, 5.74) is -0.837. The SMILES string of the molecule is Cc1c(O)n(CCCC2CC2)c(=O)[nH]c1=O. The van der Waals surface area contributed by atoms with Gasteiger partial charge in [-0.2, -0.15) is 0 Å². The van der Waals surface area contributed by atoms with Crippen LogP contribution in [0.1, 0.15) is 31.2 Å². The second-order valence-corrected chi connectivity index (χ2v) is 4.45. The molecule has 2 rings (SSSR count). The Kier molecular flexibility index (Phi) is 2.85. The van der Waals surface area contributed by atoms with Crippen LogP contribution in [0.15, 0.2) is 9.59 Å². The molecule has 1 heterocycles. The van der Waals surface area contributed by atoms with Crippen LogP contribution in [0.3, 0.4) is 0 Å². The first kappa shape index (κ1) is 11.0. The predicted octanol–water partition coefficient (Wildman–Crippen LogP) is 0.741. The van der Waals surface area contributed by atoms with E-state index >= 15 is 0 Å². The van der Waals surface area contributed by atoms with E-state index in [1.54, 1.807) is 0 Å². The zero-order valence-corrected chi connectivity index (χ0v) is 9.32. The highest BCUT2D eigenvalue weighted by Gasteiger charge is 2.20. The Labute approximate surface area is 92.7 Å². The number of H-pyrrole nitrogens is 1. The van der Waals surface area contributed by atoms with Gasteiger partial charge in [0.05, 0.1) is 5.56 Å². The topological polar surface area (TPSA) is 75.1 Å². The molecule has 0 aromatic carbocycles. The molecule has 0 saturated heterocycles. The second-order valence-electron chi connectivity index (χ2n) is 4.45. The first-order valence-electron chi connectivity index (χ1n) is 5.62. The lowest BCUT2D eigenvalue weighted by Gasteiger charge is -2.08. The molecule has 1 aliphatic carbocycles. The van der Waals surface area contributed by atoms with Crippen molar-refractivity contribution in [2.75, 3.05) is 0 Å². The highest BCUT2D eigenvalue weighted by Crippen LogP contribution is 2.33. The van der Waals surface area contributed by atoms with Crippen molar-refractivity contribution in [3.05, 3.63) is 26.4 Å². The molecular weight excluding hydrogens is 208 g/mol. The summed E-state index contributed by atoms with van der Waals surface area (Å²) < 4.78 is 1.24. The fraction of sp³-hybridized carbons (Fsp3) is 0.636. The van der Waals surface area contributed by atoms with Gasteiger partial charge in [0.2, 0.25) is 5.88 Å². The first-order chi connectivity index (χ1) is 7.59. The van der Waals surface area contributed by atoms with E-state index in [0.29, 0.717) is 6.54 Å². The molecule has 0 aliphatic heterocycles. The Balaban J connectivity index is 2.15. The van der Waals surface area contributed by atoms with Crippen molar-refractivity contribution < 1.29 is 5.11 Å². The van der Waals surface area contributed by atoms with Crippen LogP contribution in [-0.2, 0) is 6.54 Å². The van der Waals surface area contributed by atoms with E-state index in [1.807, 2.05) is 0 Å². The summed E-state index contributed by atoms with van der Waals surface area (Å²) >= 11 is 0. The Morgan fingerprint density at radius 2 is 2.12 bits per heavy atom. The Bertz CT molecular complexity index is 497. The quantitative estimate of drug-likeness (QED) is 0.792. The van der Waals surface area contributed by atoms with Crippen LogP contribution in [0.5, 0.6) is 5.88 Å². The van der Waals surface area contributed by atoms with Crippen molar-refractivity contribution in [2.45, 2.75) is 39.2 Å². The molecule has 0 amide bonds. The zero-order chi connectivity index (χ0) is 11.7. The first-order valence-corrected chi connectivity index (χ1v) is 5.62. The van der Waals surface area contributed by atoms with Gasteiger partial charge in [-0.05, 0) is 25.7 Å². The van der Waals surface area contributed by atoms with Crippen molar-refractivity contribution in [3.8, 4) is 5.88 Å². The van der Waals surface area contributed by atoms with Crippen LogP contribution >= 0.6 is 0 Å². The molecule has 1 fully saturated rings. The number of aromatic amines is 1. The molecule has 5 nitrogen and oxygen atoms in total. The lowest BCUT2D eigenvalue weighted by atomic mass is 10.2. The van der Waals surface area contributed by atoms with Crippen molar-refractivity contribution in [2.24, 2.45) is 5.92 Å². The smallest absolute Gasteiger partial charge is 0.331 e. The fourth-order valence-electron chi connectivity index (χ4n) is 1.81. The van der Waals surface area contributed by atoms with Crippen LogP contribution in [0.25, 0.3) is 0 Å². The van der Waals surface area contributed by atoms with Gasteiger partial charge >= 0.3 is 5.69 Å². The lowest BCUT2D eigenvalue weighted by molar-refractivity contribution is 0.388. The van der Waals surface area contributed by atoms with Gasteiger partial charge in [0.25, 0.3) is 5.56 Å². The third kappa shape index (κ3) is 2.18. The monoisotopic (exact) mass is 224 g/mol. The van der Waals surface area contributed by atoms with Gasteiger partial charge < -0.3 is 5.11 Å². The predicted molar refractivity (Wildman–Crippen MR) is 59.7 cm³/mol. The molecule has 0 spiro atoms.